The van der Waals surface area contributed by atoms with E-state index in [0.29, 0.717) is 10.6 Å². The third kappa shape index (κ3) is 2.88. The molecule has 0 unspecified atom stereocenters. The van der Waals surface area contributed by atoms with Gasteiger partial charge in [0.05, 0.1) is 11.2 Å². The fraction of sp³-hybridized carbons (Fsp3) is 0.286. The van der Waals surface area contributed by atoms with E-state index in [0.717, 1.165) is 17.8 Å². The van der Waals surface area contributed by atoms with Crippen LogP contribution >= 0.6 is 11.8 Å². The van der Waals surface area contributed by atoms with Gasteiger partial charge in [-0.1, -0.05) is 11.8 Å². The van der Waals surface area contributed by atoms with E-state index in [-0.39, 0.29) is 16.4 Å². The Balaban J connectivity index is 1.96. The van der Waals surface area contributed by atoms with Crippen molar-refractivity contribution in [1.82, 2.24) is 5.32 Å². The number of anilines is 1. The number of nitrogens with one attached hydrogen (secondary N) is 2. The lowest BCUT2D eigenvalue weighted by Crippen LogP contribution is -2.55. The minimum absolute atomic E-state index is 0.131. The zero-order valence-electron chi connectivity index (χ0n) is 12.0. The van der Waals surface area contributed by atoms with E-state index in [4.69, 9.17) is 0 Å². The van der Waals surface area contributed by atoms with E-state index < -0.39 is 23.6 Å². The number of alkyl halides is 3. The third-order valence-corrected chi connectivity index (χ3v) is 4.46. The molecule has 1 amide bonds. The highest BCUT2D eigenvalue weighted by Crippen LogP contribution is 2.44. The Bertz CT molecular complexity index is 756. The molecule has 0 fully saturated rings. The average molecular weight is 344 g/mol. The fourth-order valence-corrected chi connectivity index (χ4v) is 3.28. The van der Waals surface area contributed by atoms with Gasteiger partial charge in [0.2, 0.25) is 5.78 Å². The summed E-state index contributed by atoms with van der Waals surface area (Å²) in [6.45, 7) is 3.16. The second-order valence-corrected chi connectivity index (χ2v) is 6.60. The summed E-state index contributed by atoms with van der Waals surface area (Å²) < 4.78 is 40.7. The van der Waals surface area contributed by atoms with Crippen LogP contribution in [0.15, 0.2) is 33.7 Å². The number of hydrogen-bond acceptors (Lipinski definition) is 5. The topological polar surface area (TPSA) is 67.4 Å². The molecule has 0 atom stereocenters. The normalized spacial score (nSPS) is 19.5. The molecule has 5 nitrogen and oxygen atoms in total. The van der Waals surface area contributed by atoms with Crippen molar-refractivity contribution in [2.75, 3.05) is 5.32 Å². The molecule has 3 rings (SSSR count). The molecule has 2 N–H and O–H groups in total. The second kappa shape index (κ2) is 4.92. The van der Waals surface area contributed by atoms with Crippen molar-refractivity contribution in [3.63, 3.8) is 0 Å². The first-order valence-corrected chi connectivity index (χ1v) is 7.35. The first-order valence-electron chi connectivity index (χ1n) is 6.53. The summed E-state index contributed by atoms with van der Waals surface area (Å²) in [5.74, 6) is -1.13. The van der Waals surface area contributed by atoms with Crippen LogP contribution in [0.1, 0.15) is 13.8 Å². The summed E-state index contributed by atoms with van der Waals surface area (Å²) >= 11 is 0.931. The maximum absolute atomic E-state index is 12.4. The largest absolute Gasteiger partial charge is 0.573 e. The molecular weight excluding hydrogens is 333 g/mol. The Kier molecular flexibility index (Phi) is 3.36. The first kappa shape index (κ1) is 15.7. The molecule has 0 aromatic heterocycles. The quantitative estimate of drug-likeness (QED) is 0.820. The molecule has 23 heavy (non-hydrogen) atoms. The number of amides is 1. The fourth-order valence-electron chi connectivity index (χ4n) is 2.27. The number of benzene rings is 1. The SMILES string of the molecule is CC1(C)NC(=O)C2=C(Nc3ccc(OC(F)(F)F)cc3S2)C1=O. The Morgan fingerprint density at radius 1 is 1.22 bits per heavy atom. The van der Waals surface area contributed by atoms with Crippen LogP contribution < -0.4 is 15.4 Å². The second-order valence-electron chi connectivity index (χ2n) is 5.55. The van der Waals surface area contributed by atoms with Crippen LogP contribution in [0.3, 0.4) is 0 Å². The van der Waals surface area contributed by atoms with Gasteiger partial charge in [0.15, 0.2) is 0 Å². The van der Waals surface area contributed by atoms with Gasteiger partial charge in [-0.2, -0.15) is 0 Å². The maximum Gasteiger partial charge on any atom is 0.573 e. The molecule has 2 aliphatic rings. The summed E-state index contributed by atoms with van der Waals surface area (Å²) in [6.07, 6.45) is -4.80. The van der Waals surface area contributed by atoms with Gasteiger partial charge in [0.25, 0.3) is 5.91 Å². The molecule has 0 radical (unpaired) electrons. The minimum atomic E-state index is -4.80. The standard InChI is InChI=1S/C14H11F3N2O3S/c1-13(2)11(20)9-10(12(21)19-13)23-8-5-6(22-14(15,16)17)3-4-7(8)18-9/h3-5,18H,1-2H3,(H,19,21). The predicted octanol–water partition coefficient (Wildman–Crippen LogP) is 2.79. The van der Waals surface area contributed by atoms with Crippen molar-refractivity contribution in [3.05, 3.63) is 28.8 Å². The van der Waals surface area contributed by atoms with Gasteiger partial charge in [-0.25, -0.2) is 0 Å². The summed E-state index contributed by atoms with van der Waals surface area (Å²) in [7, 11) is 0. The van der Waals surface area contributed by atoms with Gasteiger partial charge in [0.1, 0.15) is 16.4 Å². The number of thioether (sulfide) groups is 1. The van der Waals surface area contributed by atoms with Crippen LogP contribution in [-0.4, -0.2) is 23.6 Å². The first-order chi connectivity index (χ1) is 10.6. The van der Waals surface area contributed by atoms with Crippen LogP contribution in [0.25, 0.3) is 0 Å². The van der Waals surface area contributed by atoms with Gasteiger partial charge in [-0.05, 0) is 32.0 Å². The van der Waals surface area contributed by atoms with Crippen molar-refractivity contribution in [2.45, 2.75) is 30.6 Å². The molecule has 0 aliphatic carbocycles. The molecule has 122 valence electrons. The van der Waals surface area contributed by atoms with E-state index >= 15 is 0 Å². The molecule has 0 saturated heterocycles. The van der Waals surface area contributed by atoms with Gasteiger partial charge in [-0.15, -0.1) is 13.2 Å². The molecule has 1 aromatic rings. The monoisotopic (exact) mass is 344 g/mol. The number of carbonyl (C=O) groups is 2. The highest BCUT2D eigenvalue weighted by Gasteiger charge is 2.42. The maximum atomic E-state index is 12.4. The lowest BCUT2D eigenvalue weighted by Gasteiger charge is -2.34. The summed E-state index contributed by atoms with van der Waals surface area (Å²) in [4.78, 5) is 25.0. The lowest BCUT2D eigenvalue weighted by molar-refractivity contribution is -0.274. The van der Waals surface area contributed by atoms with Crippen LogP contribution in [0.5, 0.6) is 5.75 Å². The molecule has 0 saturated carbocycles. The Hall–Kier alpha value is -2.16. The Labute approximate surface area is 133 Å². The van der Waals surface area contributed by atoms with E-state index in [2.05, 4.69) is 15.4 Å². The number of fused-ring (bicyclic) bond motifs is 1. The summed E-state index contributed by atoms with van der Waals surface area (Å²) in [6, 6.07) is 3.69. The number of halogens is 3. The molecule has 1 aromatic carbocycles. The van der Waals surface area contributed by atoms with Crippen molar-refractivity contribution in [2.24, 2.45) is 0 Å². The van der Waals surface area contributed by atoms with Crippen molar-refractivity contribution >= 4 is 29.1 Å². The number of ketones is 1. The highest BCUT2D eigenvalue weighted by atomic mass is 32.2. The Morgan fingerprint density at radius 3 is 2.57 bits per heavy atom. The van der Waals surface area contributed by atoms with E-state index in [1.807, 2.05) is 0 Å². The van der Waals surface area contributed by atoms with Crippen LogP contribution in [0, 0.1) is 0 Å². The number of carbonyl (C=O) groups excluding carboxylic acids is 2. The van der Waals surface area contributed by atoms with Crippen molar-refractivity contribution in [3.8, 4) is 5.75 Å². The van der Waals surface area contributed by atoms with Crippen molar-refractivity contribution in [1.29, 1.82) is 0 Å². The zero-order valence-corrected chi connectivity index (χ0v) is 12.8. The van der Waals surface area contributed by atoms with E-state index in [9.17, 15) is 22.8 Å². The van der Waals surface area contributed by atoms with Crippen LogP contribution in [0.2, 0.25) is 0 Å². The van der Waals surface area contributed by atoms with Crippen molar-refractivity contribution < 1.29 is 27.5 Å². The van der Waals surface area contributed by atoms with E-state index in [1.165, 1.54) is 12.1 Å². The Morgan fingerprint density at radius 2 is 1.91 bits per heavy atom. The molecule has 9 heteroatoms. The number of hydrogen-bond donors (Lipinski definition) is 2. The molecule has 0 bridgehead atoms. The van der Waals surface area contributed by atoms with E-state index in [1.54, 1.807) is 13.8 Å². The summed E-state index contributed by atoms with van der Waals surface area (Å²) in [5, 5.41) is 5.41. The lowest BCUT2D eigenvalue weighted by atomic mass is 9.92. The molecule has 2 aliphatic heterocycles. The number of ether oxygens (including phenoxy) is 1. The van der Waals surface area contributed by atoms with Gasteiger partial charge in [0, 0.05) is 4.90 Å². The minimum Gasteiger partial charge on any atom is -0.406 e. The average Bonchev–Trinajstić information content (AvgIpc) is 2.41. The zero-order chi connectivity index (χ0) is 17.0. The third-order valence-electron chi connectivity index (χ3n) is 3.31. The molecule has 0 spiro atoms. The number of Topliss-reactive ketones (excluding diaryl/α,β-unsaturated/α-hetero) is 1. The predicted molar refractivity (Wildman–Crippen MR) is 76.9 cm³/mol. The van der Waals surface area contributed by atoms with Gasteiger partial charge in [-0.3, -0.25) is 9.59 Å². The highest BCUT2D eigenvalue weighted by molar-refractivity contribution is 8.04. The van der Waals surface area contributed by atoms with Gasteiger partial charge < -0.3 is 15.4 Å². The number of rotatable bonds is 1. The van der Waals surface area contributed by atoms with Gasteiger partial charge >= 0.3 is 6.36 Å². The van der Waals surface area contributed by atoms with Crippen LogP contribution in [0.4, 0.5) is 18.9 Å². The smallest absolute Gasteiger partial charge is 0.406 e. The van der Waals surface area contributed by atoms with Crippen LogP contribution in [-0.2, 0) is 9.59 Å². The summed E-state index contributed by atoms with van der Waals surface area (Å²) in [5.41, 5.74) is -0.441. The molecular formula is C14H11F3N2O3S. The molecule has 2 heterocycles.